The number of amides is 2. The van der Waals surface area contributed by atoms with E-state index in [4.69, 9.17) is 5.73 Å². The lowest BCUT2D eigenvalue weighted by Crippen LogP contribution is -2.62. The summed E-state index contributed by atoms with van der Waals surface area (Å²) < 4.78 is 1.89. The zero-order valence-corrected chi connectivity index (χ0v) is 18.7. The van der Waals surface area contributed by atoms with E-state index < -0.39 is 5.54 Å². The summed E-state index contributed by atoms with van der Waals surface area (Å²) in [6, 6.07) is 14.1. The van der Waals surface area contributed by atoms with E-state index in [1.807, 2.05) is 52.7 Å². The molecule has 1 aliphatic carbocycles. The van der Waals surface area contributed by atoms with Gasteiger partial charge in [0.15, 0.2) is 0 Å². The number of benzene rings is 2. The Balaban J connectivity index is 1.26. The fraction of sp³-hybridized carbons (Fsp3) is 0.400. The van der Waals surface area contributed by atoms with E-state index in [0.29, 0.717) is 31.7 Å². The first kappa shape index (κ1) is 20.7. The van der Waals surface area contributed by atoms with E-state index in [1.165, 1.54) is 0 Å². The van der Waals surface area contributed by atoms with E-state index in [-0.39, 0.29) is 11.8 Å². The fourth-order valence-electron chi connectivity index (χ4n) is 4.81. The average molecular weight is 432 g/mol. The van der Waals surface area contributed by atoms with Gasteiger partial charge in [-0.25, -0.2) is 0 Å². The highest BCUT2D eigenvalue weighted by atomic mass is 16.2. The molecule has 1 aliphatic heterocycles. The Hall–Kier alpha value is -3.19. The van der Waals surface area contributed by atoms with Gasteiger partial charge >= 0.3 is 0 Å². The van der Waals surface area contributed by atoms with Crippen LogP contribution < -0.4 is 5.73 Å². The molecule has 2 amide bonds. The van der Waals surface area contributed by atoms with Gasteiger partial charge in [0, 0.05) is 44.2 Å². The Morgan fingerprint density at radius 3 is 2.19 bits per heavy atom. The van der Waals surface area contributed by atoms with Crippen LogP contribution in [0.1, 0.15) is 35.3 Å². The lowest BCUT2D eigenvalue weighted by molar-refractivity contribution is -0.141. The molecule has 0 radical (unpaired) electrons. The lowest BCUT2D eigenvalue weighted by Gasteiger charge is -2.43. The average Bonchev–Trinajstić information content (AvgIpc) is 3.09. The van der Waals surface area contributed by atoms with Crippen molar-refractivity contribution in [2.24, 2.45) is 12.8 Å². The number of fused-ring (bicyclic) bond motifs is 1. The summed E-state index contributed by atoms with van der Waals surface area (Å²) in [6.07, 6.45) is 2.56. The molecule has 166 valence electrons. The van der Waals surface area contributed by atoms with Crippen LogP contribution in [0, 0.1) is 6.92 Å². The van der Waals surface area contributed by atoms with Gasteiger partial charge in [-0.1, -0.05) is 18.2 Å². The van der Waals surface area contributed by atoms with Crippen LogP contribution in [0.25, 0.3) is 22.0 Å². The van der Waals surface area contributed by atoms with Crippen LogP contribution in [0.15, 0.2) is 42.5 Å². The highest BCUT2D eigenvalue weighted by Gasteiger charge is 2.43. The van der Waals surface area contributed by atoms with Crippen molar-refractivity contribution in [3.63, 3.8) is 0 Å². The van der Waals surface area contributed by atoms with E-state index in [0.717, 1.165) is 47.0 Å². The van der Waals surface area contributed by atoms with Crippen molar-refractivity contribution >= 4 is 22.7 Å². The minimum absolute atomic E-state index is 0.00770. The summed E-state index contributed by atoms with van der Waals surface area (Å²) in [7, 11) is 1.95. The number of hydrogen-bond donors (Lipinski definition) is 1. The molecule has 2 N–H and O–H groups in total. The Kier molecular flexibility index (Phi) is 5.01. The standard InChI is InChI=1S/C25H29N5O2/c1-17-21-16-20(8-9-22(21)28(2)27-17)18-4-6-19(7-5-18)23(31)29-12-14-30(15-13-29)24(32)25(26)10-3-11-25/h4-9,16H,3,10-15,26H2,1-2H3. The molecule has 32 heavy (non-hydrogen) atoms. The van der Waals surface area contributed by atoms with Crippen molar-refractivity contribution in [3.8, 4) is 11.1 Å². The molecule has 2 fully saturated rings. The molecule has 0 atom stereocenters. The van der Waals surface area contributed by atoms with E-state index >= 15 is 0 Å². The van der Waals surface area contributed by atoms with Crippen LogP contribution in [-0.2, 0) is 11.8 Å². The smallest absolute Gasteiger partial charge is 0.253 e. The third kappa shape index (κ3) is 3.46. The van der Waals surface area contributed by atoms with Crippen LogP contribution in [-0.4, -0.2) is 63.1 Å². The van der Waals surface area contributed by atoms with Gasteiger partial charge in [0.05, 0.1) is 16.7 Å². The molecule has 1 saturated heterocycles. The molecule has 3 aromatic rings. The lowest BCUT2D eigenvalue weighted by atomic mass is 9.76. The van der Waals surface area contributed by atoms with Gasteiger partial charge in [0.1, 0.15) is 0 Å². The minimum atomic E-state index is -0.667. The third-order valence-corrected chi connectivity index (χ3v) is 7.03. The Morgan fingerprint density at radius 2 is 1.56 bits per heavy atom. The second-order valence-corrected chi connectivity index (χ2v) is 9.11. The van der Waals surface area contributed by atoms with Crippen molar-refractivity contribution in [1.29, 1.82) is 0 Å². The van der Waals surface area contributed by atoms with Crippen molar-refractivity contribution in [3.05, 3.63) is 53.7 Å². The Bertz CT molecular complexity index is 1190. The maximum Gasteiger partial charge on any atom is 0.253 e. The zero-order valence-electron chi connectivity index (χ0n) is 18.7. The first-order valence-electron chi connectivity index (χ1n) is 11.3. The second-order valence-electron chi connectivity index (χ2n) is 9.11. The quantitative estimate of drug-likeness (QED) is 0.691. The maximum absolute atomic E-state index is 13.0. The molecule has 7 heteroatoms. The monoisotopic (exact) mass is 431 g/mol. The Labute approximate surface area is 187 Å². The zero-order chi connectivity index (χ0) is 22.5. The predicted octanol–water partition coefficient (Wildman–Crippen LogP) is 2.71. The fourth-order valence-corrected chi connectivity index (χ4v) is 4.81. The summed E-state index contributed by atoms with van der Waals surface area (Å²) in [5, 5.41) is 5.62. The predicted molar refractivity (Wildman–Crippen MR) is 124 cm³/mol. The second kappa shape index (κ2) is 7.74. The molecule has 7 nitrogen and oxygen atoms in total. The third-order valence-electron chi connectivity index (χ3n) is 7.03. The topological polar surface area (TPSA) is 84.5 Å². The van der Waals surface area contributed by atoms with Crippen LogP contribution in [0.2, 0.25) is 0 Å². The molecule has 1 aromatic heterocycles. The molecule has 1 saturated carbocycles. The van der Waals surface area contributed by atoms with Gasteiger partial charge < -0.3 is 15.5 Å². The number of nitrogens with zero attached hydrogens (tertiary/aromatic N) is 4. The number of nitrogens with two attached hydrogens (primary N) is 1. The van der Waals surface area contributed by atoms with E-state index in [2.05, 4.69) is 23.3 Å². The molecule has 2 aromatic carbocycles. The summed E-state index contributed by atoms with van der Waals surface area (Å²) in [6.45, 7) is 4.19. The van der Waals surface area contributed by atoms with Gasteiger partial charge in [0.25, 0.3) is 5.91 Å². The van der Waals surface area contributed by atoms with Crippen molar-refractivity contribution in [2.45, 2.75) is 31.7 Å². The van der Waals surface area contributed by atoms with Crippen LogP contribution in [0.3, 0.4) is 0 Å². The van der Waals surface area contributed by atoms with Crippen molar-refractivity contribution in [2.75, 3.05) is 26.2 Å². The summed E-state index contributed by atoms with van der Waals surface area (Å²) in [5.74, 6) is 0.0503. The van der Waals surface area contributed by atoms with Gasteiger partial charge in [-0.3, -0.25) is 14.3 Å². The molecule has 2 aliphatic rings. The number of hydrogen-bond acceptors (Lipinski definition) is 4. The van der Waals surface area contributed by atoms with Gasteiger partial charge in [-0.15, -0.1) is 0 Å². The van der Waals surface area contributed by atoms with E-state index in [9.17, 15) is 9.59 Å². The van der Waals surface area contributed by atoms with Crippen LogP contribution in [0.5, 0.6) is 0 Å². The van der Waals surface area contributed by atoms with Gasteiger partial charge in [0.2, 0.25) is 5.91 Å². The minimum Gasteiger partial charge on any atom is -0.338 e. The summed E-state index contributed by atoms with van der Waals surface area (Å²) in [5.41, 5.74) is 10.5. The first-order valence-corrected chi connectivity index (χ1v) is 11.3. The molecular weight excluding hydrogens is 402 g/mol. The number of aromatic nitrogens is 2. The van der Waals surface area contributed by atoms with Gasteiger partial charge in [-0.2, -0.15) is 5.10 Å². The number of piperazine rings is 1. The van der Waals surface area contributed by atoms with Gasteiger partial charge in [-0.05, 0) is 61.6 Å². The molecule has 5 rings (SSSR count). The highest BCUT2D eigenvalue weighted by molar-refractivity contribution is 5.95. The molecule has 2 heterocycles. The summed E-state index contributed by atoms with van der Waals surface area (Å²) in [4.78, 5) is 29.3. The molecule has 0 bridgehead atoms. The highest BCUT2D eigenvalue weighted by Crippen LogP contribution is 2.31. The molecule has 0 unspecified atom stereocenters. The number of carbonyl (C=O) groups excluding carboxylic acids is 2. The van der Waals surface area contributed by atoms with Crippen LogP contribution in [0.4, 0.5) is 0 Å². The largest absolute Gasteiger partial charge is 0.338 e. The Morgan fingerprint density at radius 1 is 0.938 bits per heavy atom. The van der Waals surface area contributed by atoms with Crippen molar-refractivity contribution in [1.82, 2.24) is 19.6 Å². The van der Waals surface area contributed by atoms with Crippen molar-refractivity contribution < 1.29 is 9.59 Å². The number of carbonyl (C=O) groups is 2. The number of rotatable bonds is 3. The summed E-state index contributed by atoms with van der Waals surface area (Å²) >= 11 is 0. The molecular formula is C25H29N5O2. The molecule has 0 spiro atoms. The number of aryl methyl sites for hydroxylation is 2. The van der Waals surface area contributed by atoms with E-state index in [1.54, 1.807) is 0 Å². The normalized spacial score (nSPS) is 18.0. The maximum atomic E-state index is 13.0. The SMILES string of the molecule is Cc1nn(C)c2ccc(-c3ccc(C(=O)N4CCN(C(=O)C5(N)CCC5)CC4)cc3)cc12. The van der Waals surface area contributed by atoms with Crippen LogP contribution >= 0.6 is 0 Å². The first-order chi connectivity index (χ1) is 15.4.